The number of carbonyl (C=O) groups excluding carboxylic acids is 1. The number of carbonyl (C=O) groups is 1. The summed E-state index contributed by atoms with van der Waals surface area (Å²) in [6, 6.07) is 14.5. The Bertz CT molecular complexity index is 720. The van der Waals surface area contributed by atoms with Gasteiger partial charge in [0.2, 0.25) is 5.88 Å². The lowest BCUT2D eigenvalue weighted by Gasteiger charge is -2.35. The highest BCUT2D eigenvalue weighted by Crippen LogP contribution is 2.30. The Morgan fingerprint density at radius 2 is 1.84 bits per heavy atom. The normalized spacial score (nSPS) is 24.8. The molecule has 2 saturated heterocycles. The van der Waals surface area contributed by atoms with Crippen LogP contribution in [-0.4, -0.2) is 41.0 Å². The van der Waals surface area contributed by atoms with Gasteiger partial charge in [0.1, 0.15) is 5.75 Å². The molecule has 130 valence electrons. The van der Waals surface area contributed by atoms with Gasteiger partial charge >= 0.3 is 0 Å². The molecule has 1 aromatic carbocycles. The third-order valence-electron chi connectivity index (χ3n) is 5.27. The van der Waals surface area contributed by atoms with Crippen molar-refractivity contribution in [3.05, 3.63) is 54.2 Å². The number of amides is 1. The Morgan fingerprint density at radius 1 is 1.12 bits per heavy atom. The molecule has 2 fully saturated rings. The van der Waals surface area contributed by atoms with Crippen LogP contribution >= 0.6 is 0 Å². The summed E-state index contributed by atoms with van der Waals surface area (Å²) in [4.78, 5) is 18.9. The number of pyridine rings is 1. The summed E-state index contributed by atoms with van der Waals surface area (Å²) in [5, 5.41) is 3.62. The minimum absolute atomic E-state index is 0.0325. The highest BCUT2D eigenvalue weighted by molar-refractivity contribution is 5.94. The average Bonchev–Trinajstić information content (AvgIpc) is 3.00. The topological polar surface area (TPSA) is 54.5 Å². The van der Waals surface area contributed by atoms with Gasteiger partial charge in [-0.05, 0) is 43.9 Å². The molecule has 3 heterocycles. The molecule has 0 saturated carbocycles. The first-order valence-corrected chi connectivity index (χ1v) is 8.91. The van der Waals surface area contributed by atoms with Gasteiger partial charge in [0.05, 0.1) is 5.56 Å². The van der Waals surface area contributed by atoms with Crippen LogP contribution in [0.5, 0.6) is 11.6 Å². The van der Waals surface area contributed by atoms with E-state index in [2.05, 4.69) is 10.3 Å². The van der Waals surface area contributed by atoms with Gasteiger partial charge in [-0.1, -0.05) is 18.2 Å². The lowest BCUT2D eigenvalue weighted by molar-refractivity contribution is 0.0681. The van der Waals surface area contributed by atoms with E-state index >= 15 is 0 Å². The molecule has 0 spiro atoms. The molecule has 2 aliphatic heterocycles. The van der Waals surface area contributed by atoms with Crippen molar-refractivity contribution in [3.8, 4) is 11.6 Å². The summed E-state index contributed by atoms with van der Waals surface area (Å²) in [6.45, 7) is 0. The molecule has 2 atom stereocenters. The van der Waals surface area contributed by atoms with Crippen LogP contribution in [0.25, 0.3) is 0 Å². The van der Waals surface area contributed by atoms with Gasteiger partial charge in [0.15, 0.2) is 0 Å². The Kier molecular flexibility index (Phi) is 4.40. The average molecular weight is 337 g/mol. The molecule has 2 bridgehead atoms. The quantitative estimate of drug-likeness (QED) is 0.931. The number of benzene rings is 1. The number of hydrogen-bond acceptors (Lipinski definition) is 4. The van der Waals surface area contributed by atoms with Gasteiger partial charge in [-0.3, -0.25) is 4.79 Å². The first kappa shape index (κ1) is 16.1. The number of nitrogens with one attached hydrogen (secondary N) is 1. The Morgan fingerprint density at radius 3 is 2.48 bits per heavy atom. The summed E-state index contributed by atoms with van der Waals surface area (Å²) in [5.41, 5.74) is 0.605. The lowest BCUT2D eigenvalue weighted by atomic mass is 9.98. The van der Waals surface area contributed by atoms with Crippen molar-refractivity contribution in [3.63, 3.8) is 0 Å². The van der Waals surface area contributed by atoms with E-state index in [1.165, 1.54) is 12.8 Å². The number of ether oxygens (including phenoxy) is 1. The van der Waals surface area contributed by atoms with E-state index in [9.17, 15) is 4.79 Å². The third kappa shape index (κ3) is 3.51. The van der Waals surface area contributed by atoms with E-state index in [4.69, 9.17) is 4.74 Å². The van der Waals surface area contributed by atoms with Gasteiger partial charge in [-0.25, -0.2) is 4.98 Å². The zero-order valence-electron chi connectivity index (χ0n) is 14.4. The fraction of sp³-hybridized carbons (Fsp3) is 0.400. The molecule has 5 heteroatoms. The van der Waals surface area contributed by atoms with Crippen molar-refractivity contribution in [1.82, 2.24) is 15.2 Å². The molecule has 25 heavy (non-hydrogen) atoms. The van der Waals surface area contributed by atoms with E-state index < -0.39 is 0 Å². The molecule has 1 amide bonds. The fourth-order valence-electron chi connectivity index (χ4n) is 3.89. The predicted molar refractivity (Wildman–Crippen MR) is 95.8 cm³/mol. The summed E-state index contributed by atoms with van der Waals surface area (Å²) in [5.74, 6) is 1.26. The standard InChI is InChI=1S/C20H23N3O2/c1-23(17-11-15-8-9-16(12-17)22-15)20(24)14-7-10-19(21-13-14)25-18-5-3-2-4-6-18/h2-7,10,13,15-17,22H,8-9,11-12H2,1H3. The van der Waals surface area contributed by atoms with Crippen LogP contribution in [-0.2, 0) is 0 Å². The maximum Gasteiger partial charge on any atom is 0.255 e. The molecule has 2 aliphatic rings. The molecule has 0 aliphatic carbocycles. The van der Waals surface area contributed by atoms with Crippen LogP contribution in [0.15, 0.2) is 48.7 Å². The van der Waals surface area contributed by atoms with Crippen LogP contribution in [0.1, 0.15) is 36.0 Å². The van der Waals surface area contributed by atoms with E-state index in [-0.39, 0.29) is 5.91 Å². The predicted octanol–water partition coefficient (Wildman–Crippen LogP) is 3.23. The SMILES string of the molecule is CN(C(=O)c1ccc(Oc2ccccc2)nc1)C1CC2CCC(C1)N2. The minimum Gasteiger partial charge on any atom is -0.439 e. The largest absolute Gasteiger partial charge is 0.439 e. The third-order valence-corrected chi connectivity index (χ3v) is 5.27. The molecule has 1 aromatic heterocycles. The second-order valence-electron chi connectivity index (χ2n) is 6.98. The Hall–Kier alpha value is -2.40. The van der Waals surface area contributed by atoms with Gasteiger partial charge < -0.3 is 15.0 Å². The maximum absolute atomic E-state index is 12.8. The number of piperidine rings is 1. The zero-order valence-corrected chi connectivity index (χ0v) is 14.4. The van der Waals surface area contributed by atoms with Crippen molar-refractivity contribution in [2.75, 3.05) is 7.05 Å². The summed E-state index contributed by atoms with van der Waals surface area (Å²) >= 11 is 0. The van der Waals surface area contributed by atoms with Gasteiger partial charge in [0.25, 0.3) is 5.91 Å². The lowest BCUT2D eigenvalue weighted by Crippen LogP contribution is -2.48. The fourth-order valence-corrected chi connectivity index (χ4v) is 3.89. The van der Waals surface area contributed by atoms with Crippen LogP contribution < -0.4 is 10.1 Å². The van der Waals surface area contributed by atoms with Crippen molar-refractivity contribution >= 4 is 5.91 Å². The van der Waals surface area contributed by atoms with E-state index in [1.54, 1.807) is 18.3 Å². The molecule has 1 N–H and O–H groups in total. The highest BCUT2D eigenvalue weighted by Gasteiger charge is 2.36. The smallest absolute Gasteiger partial charge is 0.255 e. The van der Waals surface area contributed by atoms with E-state index in [0.29, 0.717) is 29.6 Å². The van der Waals surface area contributed by atoms with Crippen molar-refractivity contribution in [2.45, 2.75) is 43.8 Å². The first-order valence-electron chi connectivity index (χ1n) is 8.91. The van der Waals surface area contributed by atoms with Crippen LogP contribution in [0.4, 0.5) is 0 Å². The highest BCUT2D eigenvalue weighted by atomic mass is 16.5. The van der Waals surface area contributed by atoms with Crippen molar-refractivity contribution < 1.29 is 9.53 Å². The van der Waals surface area contributed by atoms with Crippen LogP contribution in [0.2, 0.25) is 0 Å². The van der Waals surface area contributed by atoms with Crippen molar-refractivity contribution in [2.24, 2.45) is 0 Å². The Balaban J connectivity index is 1.41. The van der Waals surface area contributed by atoms with E-state index in [1.807, 2.05) is 42.3 Å². The number of rotatable bonds is 4. The van der Waals surface area contributed by atoms with Crippen LogP contribution in [0.3, 0.4) is 0 Å². The summed E-state index contributed by atoms with van der Waals surface area (Å²) in [7, 11) is 1.91. The van der Waals surface area contributed by atoms with E-state index in [0.717, 1.165) is 18.6 Å². The summed E-state index contributed by atoms with van der Waals surface area (Å²) in [6.07, 6.45) is 6.15. The molecule has 4 rings (SSSR count). The number of fused-ring (bicyclic) bond motifs is 2. The number of nitrogens with zero attached hydrogens (tertiary/aromatic N) is 2. The number of aromatic nitrogens is 1. The van der Waals surface area contributed by atoms with Gasteiger partial charge in [0, 0.05) is 37.4 Å². The molecular weight excluding hydrogens is 314 g/mol. The second-order valence-corrected chi connectivity index (χ2v) is 6.98. The monoisotopic (exact) mass is 337 g/mol. The number of para-hydroxylation sites is 1. The summed E-state index contributed by atoms with van der Waals surface area (Å²) < 4.78 is 5.68. The molecule has 5 nitrogen and oxygen atoms in total. The molecular formula is C20H23N3O2. The second kappa shape index (κ2) is 6.84. The number of hydrogen-bond donors (Lipinski definition) is 1. The first-order chi connectivity index (χ1) is 12.2. The zero-order chi connectivity index (χ0) is 17.2. The molecule has 2 unspecified atom stereocenters. The van der Waals surface area contributed by atoms with Crippen molar-refractivity contribution in [1.29, 1.82) is 0 Å². The Labute approximate surface area is 148 Å². The maximum atomic E-state index is 12.8. The molecule has 2 aromatic rings. The van der Waals surface area contributed by atoms with Crippen LogP contribution in [0, 0.1) is 0 Å². The molecule has 0 radical (unpaired) electrons. The minimum atomic E-state index is 0.0325. The van der Waals surface area contributed by atoms with Gasteiger partial charge in [-0.2, -0.15) is 0 Å². The van der Waals surface area contributed by atoms with Gasteiger partial charge in [-0.15, -0.1) is 0 Å².